The van der Waals surface area contributed by atoms with Gasteiger partial charge in [-0.05, 0) is 59.1 Å². The lowest BCUT2D eigenvalue weighted by atomic mass is 10.2. The molecule has 110 valence electrons. The number of carboxylic acids is 1. The van der Waals surface area contributed by atoms with Crippen LogP contribution in [-0.4, -0.2) is 17.0 Å². The van der Waals surface area contributed by atoms with Gasteiger partial charge in [-0.25, -0.2) is 4.79 Å². The molecule has 0 saturated heterocycles. The summed E-state index contributed by atoms with van der Waals surface area (Å²) < 4.78 is 0.643. The van der Waals surface area contributed by atoms with Gasteiger partial charge in [0.2, 0.25) is 0 Å². The van der Waals surface area contributed by atoms with Gasteiger partial charge in [0.05, 0.1) is 16.1 Å². The third-order valence-corrected chi connectivity index (χ3v) is 5.10. The van der Waals surface area contributed by atoms with Crippen LogP contribution in [-0.2, 0) is 6.42 Å². The van der Waals surface area contributed by atoms with Gasteiger partial charge in [-0.3, -0.25) is 4.79 Å². The lowest BCUT2D eigenvalue weighted by molar-refractivity contribution is 0.0696. The number of halogens is 1. The van der Waals surface area contributed by atoms with Crippen molar-refractivity contribution in [3.63, 3.8) is 0 Å². The molecule has 0 fully saturated rings. The summed E-state index contributed by atoms with van der Waals surface area (Å²) in [6, 6.07) is 6.38. The molecule has 2 N–H and O–H groups in total. The van der Waals surface area contributed by atoms with E-state index >= 15 is 0 Å². The van der Waals surface area contributed by atoms with Gasteiger partial charge in [-0.1, -0.05) is 6.92 Å². The lowest BCUT2D eigenvalue weighted by Gasteiger charge is -2.07. The third-order valence-electron chi connectivity index (χ3n) is 3.03. The molecule has 0 aliphatic carbocycles. The molecule has 0 unspecified atom stereocenters. The van der Waals surface area contributed by atoms with Crippen LogP contribution in [0.5, 0.6) is 0 Å². The number of carboxylic acid groups (broad SMARTS) is 1. The highest BCUT2D eigenvalue weighted by Crippen LogP contribution is 2.27. The number of hydrogen-bond acceptors (Lipinski definition) is 3. The summed E-state index contributed by atoms with van der Waals surface area (Å²) in [5, 5.41) is 11.7. The Bertz CT molecular complexity index is 709. The van der Waals surface area contributed by atoms with Crippen LogP contribution in [0.4, 0.5) is 5.69 Å². The maximum absolute atomic E-state index is 12.3. The maximum atomic E-state index is 12.3. The molecule has 6 heteroatoms. The molecule has 0 saturated carbocycles. The van der Waals surface area contributed by atoms with Crippen molar-refractivity contribution >= 4 is 44.8 Å². The molecule has 1 aromatic carbocycles. The predicted molar refractivity (Wildman–Crippen MR) is 87.5 cm³/mol. The van der Waals surface area contributed by atoms with E-state index in [4.69, 9.17) is 5.11 Å². The van der Waals surface area contributed by atoms with Crippen LogP contribution < -0.4 is 5.32 Å². The fraction of sp³-hybridized carbons (Fsp3) is 0.200. The number of nitrogens with one attached hydrogen (secondary N) is 1. The zero-order valence-electron chi connectivity index (χ0n) is 11.6. The van der Waals surface area contributed by atoms with Crippen LogP contribution in [0.15, 0.2) is 28.7 Å². The van der Waals surface area contributed by atoms with E-state index in [1.807, 2.05) is 19.9 Å². The van der Waals surface area contributed by atoms with Gasteiger partial charge in [0.25, 0.3) is 5.91 Å². The first-order chi connectivity index (χ1) is 9.92. The minimum Gasteiger partial charge on any atom is -0.478 e. The number of amides is 1. The quantitative estimate of drug-likeness (QED) is 0.844. The number of anilines is 1. The van der Waals surface area contributed by atoms with E-state index < -0.39 is 5.97 Å². The van der Waals surface area contributed by atoms with Crippen LogP contribution in [0, 0.1) is 6.92 Å². The largest absolute Gasteiger partial charge is 0.478 e. The highest BCUT2D eigenvalue weighted by molar-refractivity contribution is 9.10. The first-order valence-electron chi connectivity index (χ1n) is 6.36. The van der Waals surface area contributed by atoms with Crippen molar-refractivity contribution in [2.75, 3.05) is 5.32 Å². The molecular weight excluding hydrogens is 354 g/mol. The van der Waals surface area contributed by atoms with E-state index in [2.05, 4.69) is 21.2 Å². The molecule has 0 bridgehead atoms. The molecule has 0 aliphatic rings. The number of rotatable bonds is 4. The summed E-state index contributed by atoms with van der Waals surface area (Å²) in [5.41, 5.74) is 1.68. The van der Waals surface area contributed by atoms with E-state index in [0.29, 0.717) is 15.0 Å². The zero-order valence-corrected chi connectivity index (χ0v) is 14.0. The molecule has 0 spiro atoms. The highest BCUT2D eigenvalue weighted by Gasteiger charge is 2.14. The third kappa shape index (κ3) is 3.51. The molecule has 2 rings (SSSR count). The SMILES string of the molecule is CCc1sc(C(=O)Nc2cc(C(=O)O)ccc2Br)cc1C. The second-order valence-electron chi connectivity index (χ2n) is 4.52. The Morgan fingerprint density at radius 2 is 2.05 bits per heavy atom. The van der Waals surface area contributed by atoms with Crippen LogP contribution >= 0.6 is 27.3 Å². The Labute approximate surface area is 134 Å². The Morgan fingerprint density at radius 1 is 1.33 bits per heavy atom. The maximum Gasteiger partial charge on any atom is 0.335 e. The minimum atomic E-state index is -1.03. The van der Waals surface area contributed by atoms with E-state index in [1.165, 1.54) is 28.3 Å². The Balaban J connectivity index is 2.26. The molecule has 1 amide bonds. The van der Waals surface area contributed by atoms with Gasteiger partial charge in [-0.2, -0.15) is 0 Å². The average molecular weight is 368 g/mol. The zero-order chi connectivity index (χ0) is 15.6. The van der Waals surface area contributed by atoms with Crippen molar-refractivity contribution in [2.24, 2.45) is 0 Å². The molecule has 1 aromatic heterocycles. The van der Waals surface area contributed by atoms with E-state index in [0.717, 1.165) is 12.0 Å². The minimum absolute atomic E-state index is 0.130. The van der Waals surface area contributed by atoms with Crippen LogP contribution in [0.25, 0.3) is 0 Å². The van der Waals surface area contributed by atoms with Gasteiger partial charge >= 0.3 is 5.97 Å². The van der Waals surface area contributed by atoms with E-state index in [9.17, 15) is 9.59 Å². The molecule has 0 aliphatic heterocycles. The first-order valence-corrected chi connectivity index (χ1v) is 7.96. The van der Waals surface area contributed by atoms with Crippen molar-refractivity contribution in [1.29, 1.82) is 0 Å². The predicted octanol–water partition coefficient (Wildman–Crippen LogP) is 4.33. The van der Waals surface area contributed by atoms with Crippen molar-refractivity contribution in [3.05, 3.63) is 49.6 Å². The summed E-state index contributed by atoms with van der Waals surface area (Å²) in [5.74, 6) is -1.26. The van der Waals surface area contributed by atoms with Crippen molar-refractivity contribution in [3.8, 4) is 0 Å². The summed E-state index contributed by atoms with van der Waals surface area (Å²) in [7, 11) is 0. The Hall–Kier alpha value is -1.66. The number of carbonyl (C=O) groups excluding carboxylic acids is 1. The van der Waals surface area contributed by atoms with E-state index in [1.54, 1.807) is 6.07 Å². The topological polar surface area (TPSA) is 66.4 Å². The fourth-order valence-electron chi connectivity index (χ4n) is 1.92. The highest BCUT2D eigenvalue weighted by atomic mass is 79.9. The standard InChI is InChI=1S/C15H14BrNO3S/c1-3-12-8(2)6-13(21-12)14(18)17-11-7-9(15(19)20)4-5-10(11)16/h4-7H,3H2,1-2H3,(H,17,18)(H,19,20). The molecule has 0 atom stereocenters. The molecule has 2 aromatic rings. The van der Waals surface area contributed by atoms with E-state index in [-0.39, 0.29) is 11.5 Å². The van der Waals surface area contributed by atoms with Gasteiger partial charge < -0.3 is 10.4 Å². The van der Waals surface area contributed by atoms with Crippen LogP contribution in [0.1, 0.15) is 37.4 Å². The van der Waals surface area contributed by atoms with Gasteiger partial charge in [0, 0.05) is 9.35 Å². The van der Waals surface area contributed by atoms with Crippen LogP contribution in [0.2, 0.25) is 0 Å². The molecule has 0 radical (unpaired) electrons. The summed E-state index contributed by atoms with van der Waals surface area (Å²) >= 11 is 4.77. The summed E-state index contributed by atoms with van der Waals surface area (Å²) in [6.45, 7) is 4.03. The second kappa shape index (κ2) is 6.41. The normalized spacial score (nSPS) is 10.4. The smallest absolute Gasteiger partial charge is 0.335 e. The van der Waals surface area contributed by atoms with Crippen molar-refractivity contribution in [1.82, 2.24) is 0 Å². The lowest BCUT2D eigenvalue weighted by Crippen LogP contribution is -2.11. The summed E-state index contributed by atoms with van der Waals surface area (Å²) in [4.78, 5) is 25.0. The van der Waals surface area contributed by atoms with Crippen molar-refractivity contribution < 1.29 is 14.7 Å². The molecular formula is C15H14BrNO3S. The number of hydrogen-bond donors (Lipinski definition) is 2. The number of thiophene rings is 1. The van der Waals surface area contributed by atoms with Gasteiger partial charge in [0.15, 0.2) is 0 Å². The Kier molecular flexibility index (Phi) is 4.80. The second-order valence-corrected chi connectivity index (χ2v) is 6.52. The van der Waals surface area contributed by atoms with Crippen LogP contribution in [0.3, 0.4) is 0 Å². The monoisotopic (exact) mass is 367 g/mol. The number of benzene rings is 1. The molecule has 4 nitrogen and oxygen atoms in total. The first kappa shape index (κ1) is 15.7. The summed E-state index contributed by atoms with van der Waals surface area (Å²) in [6.07, 6.45) is 0.891. The Morgan fingerprint density at radius 3 is 2.62 bits per heavy atom. The average Bonchev–Trinajstić information content (AvgIpc) is 2.82. The number of carbonyl (C=O) groups is 2. The van der Waals surface area contributed by atoms with Crippen molar-refractivity contribution in [2.45, 2.75) is 20.3 Å². The number of aromatic carboxylic acids is 1. The number of aryl methyl sites for hydroxylation is 2. The molecule has 21 heavy (non-hydrogen) atoms. The molecule has 1 heterocycles. The fourth-order valence-corrected chi connectivity index (χ4v) is 3.28. The van der Waals surface area contributed by atoms with Gasteiger partial charge in [0.1, 0.15) is 0 Å². The van der Waals surface area contributed by atoms with Gasteiger partial charge in [-0.15, -0.1) is 11.3 Å².